The smallest absolute Gasteiger partial charge is 0.191 e. The first-order valence-corrected chi connectivity index (χ1v) is 11.8. The van der Waals surface area contributed by atoms with Gasteiger partial charge in [-0.2, -0.15) is 0 Å². The Balaban J connectivity index is 1.29. The van der Waals surface area contributed by atoms with E-state index in [0.717, 1.165) is 53.4 Å². The van der Waals surface area contributed by atoms with E-state index in [-0.39, 0.29) is 0 Å². The Hall–Kier alpha value is -1.70. The molecule has 2 aliphatic rings. The number of hydrogen-bond donors (Lipinski definition) is 0. The summed E-state index contributed by atoms with van der Waals surface area (Å²) in [5.41, 5.74) is 3.56. The molecule has 1 saturated carbocycles. The van der Waals surface area contributed by atoms with Crippen molar-refractivity contribution in [2.45, 2.75) is 62.1 Å². The number of ether oxygens (including phenoxy) is 1. The largest absolute Gasteiger partial charge is 0.376 e. The molecule has 0 amide bonds. The lowest BCUT2D eigenvalue weighted by molar-refractivity contribution is 0.0942. The third kappa shape index (κ3) is 4.02. The van der Waals surface area contributed by atoms with Crippen LogP contribution in [0, 0.1) is 6.92 Å². The molecule has 3 aromatic rings. The van der Waals surface area contributed by atoms with Gasteiger partial charge < -0.3 is 9.30 Å². The SMILES string of the molecule is Cc1ccc(-c2nc(CSc3nnc(C4CC4)n3CC3CCCO3)cs2)cc1. The number of thiazole rings is 1. The first-order valence-electron chi connectivity index (χ1n) is 9.95. The Morgan fingerprint density at radius 2 is 2.04 bits per heavy atom. The van der Waals surface area contributed by atoms with Gasteiger partial charge in [-0.1, -0.05) is 41.6 Å². The van der Waals surface area contributed by atoms with Crippen LogP contribution in [0.2, 0.25) is 0 Å². The molecule has 3 heterocycles. The van der Waals surface area contributed by atoms with Crippen LogP contribution in [0.3, 0.4) is 0 Å². The summed E-state index contributed by atoms with van der Waals surface area (Å²) in [6.07, 6.45) is 5.08. The van der Waals surface area contributed by atoms with E-state index >= 15 is 0 Å². The summed E-state index contributed by atoms with van der Waals surface area (Å²) < 4.78 is 8.17. The summed E-state index contributed by atoms with van der Waals surface area (Å²) in [7, 11) is 0. The normalized spacial score (nSPS) is 19.4. The Labute approximate surface area is 173 Å². The molecule has 0 radical (unpaired) electrons. The van der Waals surface area contributed by atoms with Gasteiger partial charge in [-0.15, -0.1) is 21.5 Å². The number of rotatable bonds is 7. The zero-order chi connectivity index (χ0) is 18.9. The average molecular weight is 413 g/mol. The second-order valence-corrected chi connectivity index (χ2v) is 9.46. The predicted octanol–water partition coefficient (Wildman–Crippen LogP) is 5.06. The quantitative estimate of drug-likeness (QED) is 0.508. The van der Waals surface area contributed by atoms with Gasteiger partial charge >= 0.3 is 0 Å². The standard InChI is InChI=1S/C21H24N4OS2/c1-14-4-6-16(7-5-14)20-22-17(12-27-20)13-28-21-24-23-19(15-8-9-15)25(21)11-18-3-2-10-26-18/h4-7,12,15,18H,2-3,8-11,13H2,1H3. The van der Waals surface area contributed by atoms with Gasteiger partial charge in [0.15, 0.2) is 5.16 Å². The summed E-state index contributed by atoms with van der Waals surface area (Å²) in [4.78, 5) is 4.83. The zero-order valence-corrected chi connectivity index (χ0v) is 17.6. The summed E-state index contributed by atoms with van der Waals surface area (Å²) >= 11 is 3.45. The van der Waals surface area contributed by atoms with Crippen LogP contribution in [0.4, 0.5) is 0 Å². The number of benzene rings is 1. The highest BCUT2D eigenvalue weighted by atomic mass is 32.2. The summed E-state index contributed by atoms with van der Waals surface area (Å²) in [5, 5.41) is 13.3. The second-order valence-electron chi connectivity index (χ2n) is 7.66. The Morgan fingerprint density at radius 3 is 2.79 bits per heavy atom. The highest BCUT2D eigenvalue weighted by Crippen LogP contribution is 2.40. The zero-order valence-electron chi connectivity index (χ0n) is 16.0. The molecular formula is C21H24N4OS2. The maximum Gasteiger partial charge on any atom is 0.191 e. The molecule has 146 valence electrons. The molecule has 5 nitrogen and oxygen atoms in total. The number of aromatic nitrogens is 4. The number of aryl methyl sites for hydroxylation is 1. The Kier molecular flexibility index (Phi) is 5.22. The second kappa shape index (κ2) is 7.97. The van der Waals surface area contributed by atoms with Crippen LogP contribution in [-0.2, 0) is 17.0 Å². The fourth-order valence-electron chi connectivity index (χ4n) is 3.55. The maximum atomic E-state index is 5.86. The topological polar surface area (TPSA) is 52.8 Å². The van der Waals surface area contributed by atoms with Crippen molar-refractivity contribution in [1.82, 2.24) is 19.7 Å². The van der Waals surface area contributed by atoms with Crippen molar-refractivity contribution in [3.05, 3.63) is 46.7 Å². The molecule has 0 spiro atoms. The number of nitrogens with zero attached hydrogens (tertiary/aromatic N) is 4. The van der Waals surface area contributed by atoms with Crippen molar-refractivity contribution < 1.29 is 4.74 Å². The van der Waals surface area contributed by atoms with E-state index in [0.29, 0.717) is 12.0 Å². The first-order chi connectivity index (χ1) is 13.8. The van der Waals surface area contributed by atoms with Crippen LogP contribution in [0.5, 0.6) is 0 Å². The van der Waals surface area contributed by atoms with E-state index in [1.807, 2.05) is 0 Å². The number of thioether (sulfide) groups is 1. The van der Waals surface area contributed by atoms with Gasteiger partial charge in [-0.05, 0) is 32.6 Å². The van der Waals surface area contributed by atoms with Gasteiger partial charge in [0.1, 0.15) is 10.8 Å². The molecular weight excluding hydrogens is 388 g/mol. The van der Waals surface area contributed by atoms with Crippen molar-refractivity contribution in [2.24, 2.45) is 0 Å². The molecule has 1 aliphatic heterocycles. The third-order valence-electron chi connectivity index (χ3n) is 5.30. The lowest BCUT2D eigenvalue weighted by Crippen LogP contribution is -2.17. The molecule has 1 atom stereocenters. The van der Waals surface area contributed by atoms with Crippen LogP contribution in [0.15, 0.2) is 34.8 Å². The molecule has 1 unspecified atom stereocenters. The summed E-state index contributed by atoms with van der Waals surface area (Å²) in [6.45, 7) is 3.87. The van der Waals surface area contributed by atoms with Crippen molar-refractivity contribution >= 4 is 23.1 Å². The minimum absolute atomic E-state index is 0.306. The third-order valence-corrected chi connectivity index (χ3v) is 7.24. The minimum Gasteiger partial charge on any atom is -0.376 e. The Bertz CT molecular complexity index is 940. The van der Waals surface area contributed by atoms with Gasteiger partial charge in [0.05, 0.1) is 18.3 Å². The van der Waals surface area contributed by atoms with Crippen LogP contribution in [0.1, 0.15) is 48.7 Å². The fourth-order valence-corrected chi connectivity index (χ4v) is 5.33. The Morgan fingerprint density at radius 1 is 1.18 bits per heavy atom. The molecule has 0 bridgehead atoms. The van der Waals surface area contributed by atoms with E-state index < -0.39 is 0 Å². The van der Waals surface area contributed by atoms with Crippen LogP contribution in [-0.4, -0.2) is 32.5 Å². The van der Waals surface area contributed by atoms with Crippen molar-refractivity contribution in [1.29, 1.82) is 0 Å². The molecule has 7 heteroatoms. The van der Waals surface area contributed by atoms with Crippen LogP contribution >= 0.6 is 23.1 Å². The molecule has 1 aromatic carbocycles. The molecule has 0 N–H and O–H groups in total. The van der Waals surface area contributed by atoms with Crippen LogP contribution in [0.25, 0.3) is 10.6 Å². The van der Waals surface area contributed by atoms with Crippen molar-refractivity contribution in [3.8, 4) is 10.6 Å². The van der Waals surface area contributed by atoms with Gasteiger partial charge in [-0.25, -0.2) is 4.98 Å². The number of hydrogen-bond acceptors (Lipinski definition) is 6. The molecule has 1 saturated heterocycles. The van der Waals surface area contributed by atoms with Gasteiger partial charge in [0, 0.05) is 29.2 Å². The lowest BCUT2D eigenvalue weighted by Gasteiger charge is -2.14. The molecule has 5 rings (SSSR count). The van der Waals surface area contributed by atoms with E-state index in [4.69, 9.17) is 9.72 Å². The van der Waals surface area contributed by atoms with Gasteiger partial charge in [0.25, 0.3) is 0 Å². The maximum absolute atomic E-state index is 5.86. The predicted molar refractivity (Wildman–Crippen MR) is 113 cm³/mol. The summed E-state index contributed by atoms with van der Waals surface area (Å²) in [5.74, 6) is 2.56. The van der Waals surface area contributed by atoms with Crippen molar-refractivity contribution in [3.63, 3.8) is 0 Å². The van der Waals surface area contributed by atoms with Gasteiger partial charge in [-0.3, -0.25) is 0 Å². The van der Waals surface area contributed by atoms with E-state index in [1.54, 1.807) is 23.1 Å². The van der Waals surface area contributed by atoms with E-state index in [9.17, 15) is 0 Å². The highest BCUT2D eigenvalue weighted by Gasteiger charge is 2.31. The van der Waals surface area contributed by atoms with E-state index in [1.165, 1.54) is 24.0 Å². The average Bonchev–Trinajstić information content (AvgIpc) is 3.10. The first kappa shape index (κ1) is 18.3. The van der Waals surface area contributed by atoms with Crippen LogP contribution < -0.4 is 0 Å². The molecule has 1 aliphatic carbocycles. The molecule has 28 heavy (non-hydrogen) atoms. The monoisotopic (exact) mass is 412 g/mol. The molecule has 2 aromatic heterocycles. The fraction of sp³-hybridized carbons (Fsp3) is 0.476. The minimum atomic E-state index is 0.306. The van der Waals surface area contributed by atoms with Crippen molar-refractivity contribution in [2.75, 3.05) is 6.61 Å². The highest BCUT2D eigenvalue weighted by molar-refractivity contribution is 7.98. The lowest BCUT2D eigenvalue weighted by atomic mass is 10.2. The molecule has 2 fully saturated rings. The summed E-state index contributed by atoms with van der Waals surface area (Å²) in [6, 6.07) is 8.56. The van der Waals surface area contributed by atoms with E-state index in [2.05, 4.69) is 51.3 Å². The van der Waals surface area contributed by atoms with Gasteiger partial charge in [0.2, 0.25) is 0 Å².